The smallest absolute Gasteiger partial charge is 1.00 e. The van der Waals surface area contributed by atoms with Crippen LogP contribution in [0.15, 0.2) is 0 Å². The van der Waals surface area contributed by atoms with Gasteiger partial charge in [-0.1, -0.05) is 0 Å². The Morgan fingerprint density at radius 1 is 0.917 bits per heavy atom. The summed E-state index contributed by atoms with van der Waals surface area (Å²) in [6.45, 7) is 0. The molecule has 12 heavy (non-hydrogen) atoms. The molecule has 0 saturated heterocycles. The van der Waals surface area contributed by atoms with E-state index < -0.39 is 15.6 Å². The van der Waals surface area contributed by atoms with Crippen molar-refractivity contribution >= 4 is 15.6 Å². The zero-order chi connectivity index (χ0) is 7.71. The Balaban J connectivity index is -0.0000000533. The van der Waals surface area contributed by atoms with Crippen molar-refractivity contribution in [2.45, 2.75) is 0 Å². The Bertz CT molecular complexity index is 158. The van der Waals surface area contributed by atoms with E-state index in [2.05, 4.69) is 4.31 Å². The van der Waals surface area contributed by atoms with Crippen LogP contribution in [0.4, 0.5) is 0 Å². The van der Waals surface area contributed by atoms with Gasteiger partial charge in [0, 0.05) is 0 Å². The average molecular weight is 254 g/mol. The molecule has 0 atom stereocenters. The van der Waals surface area contributed by atoms with E-state index >= 15 is 0 Å². The number of hydrogen-bond acceptors (Lipinski definition) is 3. The summed E-state index contributed by atoms with van der Waals surface area (Å²) in [5.74, 6) is 0. The first-order valence-corrected chi connectivity index (χ1v) is 4.59. The van der Waals surface area contributed by atoms with Crippen molar-refractivity contribution < 1.29 is 96.8 Å². The van der Waals surface area contributed by atoms with Crippen LogP contribution in [0.3, 0.4) is 0 Å². The van der Waals surface area contributed by atoms with Crippen LogP contribution in [0.1, 0.15) is 1.43 Å². The van der Waals surface area contributed by atoms with Gasteiger partial charge in [-0.3, -0.25) is 0 Å². The van der Waals surface area contributed by atoms with Gasteiger partial charge in [0.25, 0.3) is 0 Å². The van der Waals surface area contributed by atoms with Crippen molar-refractivity contribution in [3.63, 3.8) is 0 Å². The molecule has 0 heterocycles. The second-order valence-electron chi connectivity index (χ2n) is 1.06. The predicted octanol–water partition coefficient (Wildman–Crippen LogP) is -5.34. The minimum Gasteiger partial charge on any atom is -1.00 e. The zero-order valence-electron chi connectivity index (χ0n) is 6.91. The van der Waals surface area contributed by atoms with Crippen LogP contribution in [-0.4, -0.2) is 30.5 Å². The van der Waals surface area contributed by atoms with Gasteiger partial charge < -0.3 is 32.0 Å². The molecule has 0 aromatic carbocycles. The van der Waals surface area contributed by atoms with Crippen LogP contribution in [-0.2, 0) is 13.4 Å². The molecule has 0 radical (unpaired) electrons. The summed E-state index contributed by atoms with van der Waals surface area (Å²) in [6, 6.07) is 0. The Morgan fingerprint density at radius 2 is 1.08 bits per heavy atom. The fourth-order valence-electron chi connectivity index (χ4n) is 0.139. The minimum absolute atomic E-state index is 0. The van der Waals surface area contributed by atoms with E-state index in [9.17, 15) is 9.13 Å². The molecule has 0 amide bonds. The second-order valence-corrected chi connectivity index (χ2v) is 3.68. The summed E-state index contributed by atoms with van der Waals surface area (Å²) in [5.41, 5.74) is 0. The van der Waals surface area contributed by atoms with E-state index in [0.717, 1.165) is 0 Å². The van der Waals surface area contributed by atoms with Gasteiger partial charge in [-0.25, -0.2) is 9.13 Å². The second kappa shape index (κ2) is 8.15. The molecule has 0 saturated carbocycles. The molecule has 0 aromatic rings. The van der Waals surface area contributed by atoms with Crippen molar-refractivity contribution in [2.75, 3.05) is 0 Å². The van der Waals surface area contributed by atoms with Gasteiger partial charge in [0.15, 0.2) is 0 Å². The molecule has 0 spiro atoms. The van der Waals surface area contributed by atoms with Gasteiger partial charge in [-0.05, 0) is 0 Å². The Hall–Kier alpha value is 1.82. The first-order valence-electron chi connectivity index (χ1n) is 1.53. The third-order valence-electron chi connectivity index (χ3n) is 0.213. The summed E-state index contributed by atoms with van der Waals surface area (Å²) in [4.78, 5) is 31.0. The van der Waals surface area contributed by atoms with E-state index in [0.29, 0.717) is 0 Å². The normalized spacial score (nSPS) is 10.3. The van der Waals surface area contributed by atoms with E-state index in [4.69, 9.17) is 19.6 Å². The van der Waals surface area contributed by atoms with Gasteiger partial charge in [0.1, 0.15) is 0 Å². The number of phosphoric acid groups is 2. The topological polar surface area (TPSA) is 187 Å². The van der Waals surface area contributed by atoms with E-state index in [1.165, 1.54) is 0 Å². The van der Waals surface area contributed by atoms with Crippen molar-refractivity contribution in [1.82, 2.24) is 0 Å². The summed E-state index contributed by atoms with van der Waals surface area (Å²) < 4.78 is 22.2. The molecular weight excluding hydrogens is 245 g/mol. The monoisotopic (exact) mass is 254 g/mol. The van der Waals surface area contributed by atoms with Crippen molar-refractivity contribution in [3.8, 4) is 0 Å². The molecule has 0 aliphatic rings. The SMILES string of the molecule is O.O.O=P(O)(O)OP(=O)(O)O.[H-].[K+]. The van der Waals surface area contributed by atoms with Gasteiger partial charge >= 0.3 is 67.0 Å². The maximum atomic E-state index is 9.63. The largest absolute Gasteiger partial charge is 1.00 e. The maximum absolute atomic E-state index is 9.63. The van der Waals surface area contributed by atoms with E-state index in [1.807, 2.05) is 0 Å². The summed E-state index contributed by atoms with van der Waals surface area (Å²) in [5, 5.41) is 0. The van der Waals surface area contributed by atoms with Crippen LogP contribution < -0.4 is 51.4 Å². The molecular formula is H9KO9P2. The first-order chi connectivity index (χ1) is 3.71. The predicted molar refractivity (Wildman–Crippen MR) is 33.5 cm³/mol. The molecule has 9 nitrogen and oxygen atoms in total. The molecule has 0 aliphatic heterocycles. The zero-order valence-corrected chi connectivity index (χ0v) is 10.8. The molecule has 0 fully saturated rings. The molecule has 8 N–H and O–H groups in total. The quantitative estimate of drug-likeness (QED) is 0.279. The molecule has 12 heteroatoms. The molecule has 0 unspecified atom stereocenters. The van der Waals surface area contributed by atoms with E-state index in [-0.39, 0.29) is 63.8 Å². The van der Waals surface area contributed by atoms with Gasteiger partial charge in [-0.2, -0.15) is 4.31 Å². The minimum atomic E-state index is -5.05. The third-order valence-corrected chi connectivity index (χ3v) is 1.91. The maximum Gasteiger partial charge on any atom is 1.00 e. The molecule has 0 aliphatic carbocycles. The van der Waals surface area contributed by atoms with Crippen molar-refractivity contribution in [2.24, 2.45) is 0 Å². The fraction of sp³-hybridized carbons (Fsp3) is 0. The van der Waals surface area contributed by atoms with Crippen LogP contribution in [0.2, 0.25) is 0 Å². The summed E-state index contributed by atoms with van der Waals surface area (Å²) in [6.07, 6.45) is 0. The molecule has 0 rings (SSSR count). The van der Waals surface area contributed by atoms with Crippen LogP contribution in [0.25, 0.3) is 0 Å². The van der Waals surface area contributed by atoms with Gasteiger partial charge in [0.05, 0.1) is 0 Å². The summed E-state index contributed by atoms with van der Waals surface area (Å²) >= 11 is 0. The Labute approximate surface area is 111 Å². The Kier molecular flexibility index (Phi) is 16.0. The fourth-order valence-corrected chi connectivity index (χ4v) is 1.25. The Morgan fingerprint density at radius 3 is 1.08 bits per heavy atom. The van der Waals surface area contributed by atoms with E-state index in [1.54, 1.807) is 0 Å². The summed E-state index contributed by atoms with van der Waals surface area (Å²) in [7, 11) is -10.1. The third kappa shape index (κ3) is 22.6. The molecule has 0 aromatic heterocycles. The van der Waals surface area contributed by atoms with Crippen LogP contribution >= 0.6 is 15.6 Å². The van der Waals surface area contributed by atoms with Crippen LogP contribution in [0, 0.1) is 0 Å². The molecule has 74 valence electrons. The van der Waals surface area contributed by atoms with Gasteiger partial charge in [0.2, 0.25) is 0 Å². The first kappa shape index (κ1) is 23.6. The molecule has 0 bridgehead atoms. The van der Waals surface area contributed by atoms with Crippen LogP contribution in [0.5, 0.6) is 0 Å². The van der Waals surface area contributed by atoms with Crippen molar-refractivity contribution in [3.05, 3.63) is 0 Å². The van der Waals surface area contributed by atoms with Crippen molar-refractivity contribution in [1.29, 1.82) is 0 Å². The van der Waals surface area contributed by atoms with Gasteiger partial charge in [-0.15, -0.1) is 0 Å². The standard InChI is InChI=1S/K.H4O7P2.2H2O.H/c;1-8(2,3)7-9(4,5)6;;;/h;(H2,1,2,3)(H2,4,5,6);2*1H2;/q+1;;;;-1. The average Bonchev–Trinajstić information content (AvgIpc) is 1.14. The number of rotatable bonds is 2. The number of hydrogen-bond donors (Lipinski definition) is 4.